The number of methoxy groups -OCH3 is 1. The molecule has 4 aliphatic heterocycles. The Morgan fingerprint density at radius 3 is 2.66 bits per heavy atom. The second kappa shape index (κ2) is 10.6. The molecule has 3 aromatic rings. The third kappa shape index (κ3) is 5.18. The first-order valence-electron chi connectivity index (χ1n) is 13.9. The molecule has 212 valence electrons. The van der Waals surface area contributed by atoms with Gasteiger partial charge in [-0.15, -0.1) is 0 Å². The minimum Gasteiger partial charge on any atom is -0.497 e. The van der Waals surface area contributed by atoms with Gasteiger partial charge in [-0.05, 0) is 43.2 Å². The molecule has 0 saturated carbocycles. The standard InChI is InChI=1S/C31H33F2N7O/c1-4-22(6-5-21(2)41-3)16-39-26-11-27(39)18-38(17-26)29-8-7-23(14-35-29)28-12-25(37-10-9-31(32,33)20-37)19-40-30(28)24(13-34)15-36-40/h4-8,12,14-15,19,26-27H,2,9-11,16-18,20H2,1,3H3/b6-5-,22-4+. The SMILES string of the molecule is C=C(/C=C\C(=C/C)CN1C2CC1CN(c1ccc(-c3cc(N4CCC(F)(F)C4)cn4ncc(C#N)c34)cn1)C2)OC. The van der Waals surface area contributed by atoms with E-state index in [4.69, 9.17) is 9.72 Å². The van der Waals surface area contributed by atoms with Gasteiger partial charge in [0.1, 0.15) is 17.6 Å². The van der Waals surface area contributed by atoms with E-state index in [2.05, 4.69) is 46.6 Å². The average Bonchev–Trinajstić information content (AvgIpc) is 3.58. The number of rotatable bonds is 8. The molecule has 0 aliphatic carbocycles. The van der Waals surface area contributed by atoms with Gasteiger partial charge in [0.2, 0.25) is 0 Å². The molecule has 0 amide bonds. The van der Waals surface area contributed by atoms with E-state index in [0.717, 1.165) is 36.6 Å². The first kappa shape index (κ1) is 27.0. The number of alkyl halides is 2. The number of nitriles is 1. The molecule has 4 aliphatic rings. The van der Waals surface area contributed by atoms with Gasteiger partial charge >= 0.3 is 0 Å². The summed E-state index contributed by atoms with van der Waals surface area (Å²) in [5.41, 5.74) is 4.53. The molecule has 7 rings (SSSR count). The van der Waals surface area contributed by atoms with Gasteiger partial charge in [-0.3, -0.25) is 4.90 Å². The van der Waals surface area contributed by atoms with Crippen molar-refractivity contribution in [1.82, 2.24) is 19.5 Å². The highest BCUT2D eigenvalue weighted by Gasteiger charge is 2.44. The first-order valence-corrected chi connectivity index (χ1v) is 13.9. The van der Waals surface area contributed by atoms with Gasteiger partial charge in [-0.1, -0.05) is 18.7 Å². The van der Waals surface area contributed by atoms with Gasteiger partial charge in [-0.2, -0.15) is 10.4 Å². The molecule has 2 bridgehead atoms. The van der Waals surface area contributed by atoms with Crippen molar-refractivity contribution >= 4 is 17.0 Å². The molecule has 0 radical (unpaired) electrons. The van der Waals surface area contributed by atoms with Crippen LogP contribution in [0.3, 0.4) is 0 Å². The normalized spacial score (nSPS) is 22.3. The number of hydrogen-bond donors (Lipinski definition) is 0. The van der Waals surface area contributed by atoms with Gasteiger partial charge < -0.3 is 14.5 Å². The number of hydrogen-bond acceptors (Lipinski definition) is 7. The van der Waals surface area contributed by atoms with E-state index in [9.17, 15) is 14.0 Å². The summed E-state index contributed by atoms with van der Waals surface area (Å²) >= 11 is 0. The van der Waals surface area contributed by atoms with Crippen molar-refractivity contribution < 1.29 is 13.5 Å². The third-order valence-electron chi connectivity index (χ3n) is 8.46. The van der Waals surface area contributed by atoms with E-state index in [-0.39, 0.29) is 19.5 Å². The van der Waals surface area contributed by atoms with Crippen LogP contribution in [0, 0.1) is 11.3 Å². The molecular weight excluding hydrogens is 524 g/mol. The summed E-state index contributed by atoms with van der Waals surface area (Å²) in [6.45, 7) is 8.54. The first-order chi connectivity index (χ1) is 19.8. The van der Waals surface area contributed by atoms with Crippen LogP contribution in [0.4, 0.5) is 20.3 Å². The summed E-state index contributed by atoms with van der Waals surface area (Å²) in [6, 6.07) is 9.01. The van der Waals surface area contributed by atoms with Gasteiger partial charge in [0, 0.05) is 62.0 Å². The summed E-state index contributed by atoms with van der Waals surface area (Å²) < 4.78 is 34.7. The van der Waals surface area contributed by atoms with E-state index in [1.807, 2.05) is 30.5 Å². The van der Waals surface area contributed by atoms with Crippen molar-refractivity contribution in [3.8, 4) is 17.2 Å². The van der Waals surface area contributed by atoms with E-state index in [1.165, 1.54) is 18.2 Å². The largest absolute Gasteiger partial charge is 0.497 e. The molecule has 0 spiro atoms. The lowest BCUT2D eigenvalue weighted by Gasteiger charge is -2.56. The van der Waals surface area contributed by atoms with Crippen LogP contribution in [-0.2, 0) is 4.74 Å². The Hall–Kier alpha value is -4.23. The zero-order valence-electron chi connectivity index (χ0n) is 23.3. The number of ether oxygens (including phenoxy) is 1. The quantitative estimate of drug-likeness (QED) is 0.284. The van der Waals surface area contributed by atoms with Crippen LogP contribution >= 0.6 is 0 Å². The van der Waals surface area contributed by atoms with Crippen LogP contribution in [0.5, 0.6) is 0 Å². The summed E-state index contributed by atoms with van der Waals surface area (Å²) in [6.07, 6.45) is 12.1. The number of piperidine rings is 1. The molecule has 10 heteroatoms. The Morgan fingerprint density at radius 2 is 2.02 bits per heavy atom. The van der Waals surface area contributed by atoms with Crippen molar-refractivity contribution in [1.29, 1.82) is 5.26 Å². The number of fused-ring (bicyclic) bond motifs is 3. The second-order valence-electron chi connectivity index (χ2n) is 11.0. The Morgan fingerprint density at radius 1 is 1.22 bits per heavy atom. The number of allylic oxidation sites excluding steroid dienone is 2. The van der Waals surface area contributed by atoms with Crippen LogP contribution in [0.1, 0.15) is 25.3 Å². The Bertz CT molecular complexity index is 1560. The molecule has 8 nitrogen and oxygen atoms in total. The Labute approximate surface area is 238 Å². The summed E-state index contributed by atoms with van der Waals surface area (Å²) in [5, 5.41) is 14.0. The minimum atomic E-state index is -2.71. The van der Waals surface area contributed by atoms with E-state index in [0.29, 0.717) is 34.6 Å². The summed E-state index contributed by atoms with van der Waals surface area (Å²) in [4.78, 5) is 11.4. The zero-order chi connectivity index (χ0) is 28.7. The van der Waals surface area contributed by atoms with Crippen LogP contribution in [0.2, 0.25) is 0 Å². The molecular formula is C31H33F2N7O. The Kier molecular flexibility index (Phi) is 6.99. The number of aromatic nitrogens is 3. The predicted octanol–water partition coefficient (Wildman–Crippen LogP) is 5.04. The average molecular weight is 558 g/mol. The lowest BCUT2D eigenvalue weighted by molar-refractivity contribution is 0.00879. The molecule has 3 aromatic heterocycles. The smallest absolute Gasteiger partial charge is 0.266 e. The van der Waals surface area contributed by atoms with Crippen molar-refractivity contribution in [2.24, 2.45) is 0 Å². The van der Waals surface area contributed by atoms with Crippen molar-refractivity contribution in [3.63, 3.8) is 0 Å². The monoisotopic (exact) mass is 557 g/mol. The number of pyridine rings is 2. The summed E-state index contributed by atoms with van der Waals surface area (Å²) in [5.74, 6) is -1.17. The lowest BCUT2D eigenvalue weighted by Crippen LogP contribution is -2.69. The van der Waals surface area contributed by atoms with Crippen molar-refractivity contribution in [3.05, 3.63) is 78.5 Å². The number of anilines is 2. The maximum absolute atomic E-state index is 14.0. The minimum absolute atomic E-state index is 0.176. The second-order valence-corrected chi connectivity index (χ2v) is 11.0. The maximum atomic E-state index is 14.0. The maximum Gasteiger partial charge on any atom is 0.266 e. The van der Waals surface area contributed by atoms with Crippen LogP contribution < -0.4 is 9.80 Å². The van der Waals surface area contributed by atoms with E-state index >= 15 is 0 Å². The van der Waals surface area contributed by atoms with Crippen LogP contribution in [0.25, 0.3) is 16.6 Å². The fourth-order valence-electron chi connectivity index (χ4n) is 6.12. The summed E-state index contributed by atoms with van der Waals surface area (Å²) in [7, 11) is 1.62. The van der Waals surface area contributed by atoms with Gasteiger partial charge in [-0.25, -0.2) is 18.3 Å². The molecule has 0 aromatic carbocycles. The number of halogens is 2. The van der Waals surface area contributed by atoms with Gasteiger partial charge in [0.05, 0.1) is 42.8 Å². The molecule has 0 N–H and O–H groups in total. The van der Waals surface area contributed by atoms with Crippen LogP contribution in [0.15, 0.2) is 72.9 Å². The molecule has 41 heavy (non-hydrogen) atoms. The number of nitrogens with zero attached hydrogens (tertiary/aromatic N) is 7. The number of piperazine rings is 1. The predicted molar refractivity (Wildman–Crippen MR) is 155 cm³/mol. The zero-order valence-corrected chi connectivity index (χ0v) is 23.3. The Balaban J connectivity index is 1.20. The molecule has 4 fully saturated rings. The lowest BCUT2D eigenvalue weighted by atomic mass is 9.86. The van der Waals surface area contributed by atoms with E-state index in [1.54, 1.807) is 22.7 Å². The fourth-order valence-corrected chi connectivity index (χ4v) is 6.12. The fraction of sp³-hybridized carbons (Fsp3) is 0.387. The van der Waals surface area contributed by atoms with E-state index < -0.39 is 5.92 Å². The highest BCUT2D eigenvalue weighted by molar-refractivity contribution is 5.86. The van der Waals surface area contributed by atoms with Gasteiger partial charge in [0.25, 0.3) is 5.92 Å². The molecule has 2 unspecified atom stereocenters. The van der Waals surface area contributed by atoms with Crippen molar-refractivity contribution in [2.75, 3.05) is 49.6 Å². The topological polar surface area (TPSA) is 72.9 Å². The van der Waals surface area contributed by atoms with Crippen molar-refractivity contribution in [2.45, 2.75) is 37.8 Å². The molecule has 7 heterocycles. The molecule has 4 saturated heterocycles. The molecule has 2 atom stereocenters. The highest BCUT2D eigenvalue weighted by Crippen LogP contribution is 2.37. The third-order valence-corrected chi connectivity index (χ3v) is 8.46. The van der Waals surface area contributed by atoms with Gasteiger partial charge in [0.15, 0.2) is 0 Å². The highest BCUT2D eigenvalue weighted by atomic mass is 19.3. The van der Waals surface area contributed by atoms with Crippen LogP contribution in [-0.4, -0.2) is 77.3 Å².